The lowest BCUT2D eigenvalue weighted by Crippen LogP contribution is -2.18. The number of carbonyl (C=O) groups is 2. The van der Waals surface area contributed by atoms with Gasteiger partial charge in [-0.2, -0.15) is 5.10 Å². The maximum Gasteiger partial charge on any atom is 0.573 e. The summed E-state index contributed by atoms with van der Waals surface area (Å²) in [5, 5.41) is 27.9. The molecule has 1 atom stereocenters. The Morgan fingerprint density at radius 1 is 1.13 bits per heavy atom. The molecule has 0 saturated heterocycles. The van der Waals surface area contributed by atoms with Crippen LogP contribution in [0.3, 0.4) is 0 Å². The average molecular weight is 549 g/mol. The third-order valence-electron chi connectivity index (χ3n) is 5.99. The van der Waals surface area contributed by atoms with E-state index in [4.69, 9.17) is 0 Å². The van der Waals surface area contributed by atoms with Crippen LogP contribution in [0.1, 0.15) is 60.8 Å². The van der Waals surface area contributed by atoms with Crippen molar-refractivity contribution < 1.29 is 32.6 Å². The molecule has 2 aromatic heterocycles. The van der Waals surface area contributed by atoms with Gasteiger partial charge >= 0.3 is 6.36 Å². The molecule has 1 aromatic carbocycles. The number of aromatic nitrogens is 5. The topological polar surface area (TPSA) is 132 Å². The highest BCUT2D eigenvalue weighted by Crippen LogP contribution is 2.23. The summed E-state index contributed by atoms with van der Waals surface area (Å²) >= 11 is 0. The lowest BCUT2D eigenvalue weighted by atomic mass is 9.99. The molecule has 1 unspecified atom stereocenters. The largest absolute Gasteiger partial charge is 0.573 e. The fourth-order valence-corrected chi connectivity index (χ4v) is 3.79. The zero-order chi connectivity index (χ0) is 28.3. The number of hydrogen-bond donors (Lipinski definition) is 2. The van der Waals surface area contributed by atoms with Gasteiger partial charge in [-0.05, 0) is 61.4 Å². The minimum Gasteiger partial charge on any atom is -0.406 e. The molecule has 2 N–H and O–H groups in total. The number of aliphatic hydroxyl groups is 1. The second-order valence-corrected chi connectivity index (χ2v) is 9.07. The number of benzene rings is 1. The van der Waals surface area contributed by atoms with Gasteiger partial charge in [0.05, 0.1) is 18.3 Å². The standard InChI is InChI=1S/C26H31F3N6O4/c1-2-18(17-36)9-11-23(37)22-16-35(34-32-22)13-4-3-7-20-10-12-24(33-31-20)30-25(38)15-19-6-5-8-21(14-19)39-26(27,28)29/h5-6,8,10,12,14,16,18,36H,2-4,7,9,11,13,15,17H2,1H3,(H,30,33,38). The van der Waals surface area contributed by atoms with Crippen molar-refractivity contribution in [2.24, 2.45) is 5.92 Å². The number of amides is 1. The third kappa shape index (κ3) is 10.4. The summed E-state index contributed by atoms with van der Waals surface area (Å²) in [4.78, 5) is 24.5. The molecule has 0 radical (unpaired) electrons. The predicted octanol–water partition coefficient (Wildman–Crippen LogP) is 4.15. The molecular formula is C26H31F3N6O4. The highest BCUT2D eigenvalue weighted by atomic mass is 19.4. The van der Waals surface area contributed by atoms with Crippen molar-refractivity contribution in [1.29, 1.82) is 0 Å². The minimum atomic E-state index is -4.81. The first-order valence-corrected chi connectivity index (χ1v) is 12.7. The highest BCUT2D eigenvalue weighted by Gasteiger charge is 2.31. The van der Waals surface area contributed by atoms with Crippen molar-refractivity contribution in [1.82, 2.24) is 25.2 Å². The molecule has 0 saturated carbocycles. The van der Waals surface area contributed by atoms with Gasteiger partial charge in [0, 0.05) is 19.6 Å². The van der Waals surface area contributed by atoms with Gasteiger partial charge in [-0.15, -0.1) is 23.4 Å². The van der Waals surface area contributed by atoms with Crippen LogP contribution in [0.2, 0.25) is 0 Å². The number of unbranched alkanes of at least 4 members (excludes halogenated alkanes) is 1. The molecule has 2 heterocycles. The Balaban J connectivity index is 1.38. The van der Waals surface area contributed by atoms with Crippen LogP contribution in [0, 0.1) is 5.92 Å². The molecule has 3 aromatic rings. The van der Waals surface area contributed by atoms with Crippen LogP contribution >= 0.6 is 0 Å². The summed E-state index contributed by atoms with van der Waals surface area (Å²) in [6.07, 6.45) is 0.653. The number of carbonyl (C=O) groups excluding carboxylic acids is 2. The zero-order valence-corrected chi connectivity index (χ0v) is 21.5. The van der Waals surface area contributed by atoms with Gasteiger partial charge in [-0.1, -0.05) is 30.7 Å². The number of alkyl halides is 3. The van der Waals surface area contributed by atoms with E-state index in [9.17, 15) is 27.9 Å². The van der Waals surface area contributed by atoms with Crippen molar-refractivity contribution in [2.75, 3.05) is 11.9 Å². The Kier molecular flexibility index (Phi) is 10.9. The molecular weight excluding hydrogens is 517 g/mol. The summed E-state index contributed by atoms with van der Waals surface area (Å²) in [5.41, 5.74) is 1.41. The lowest BCUT2D eigenvalue weighted by Gasteiger charge is -2.10. The van der Waals surface area contributed by atoms with Gasteiger partial charge in [0.2, 0.25) is 5.91 Å². The molecule has 210 valence electrons. The maximum atomic E-state index is 12.4. The second kappa shape index (κ2) is 14.3. The molecule has 0 spiro atoms. The van der Waals surface area contributed by atoms with Gasteiger partial charge in [0.1, 0.15) is 11.4 Å². The van der Waals surface area contributed by atoms with Gasteiger partial charge in [0.15, 0.2) is 11.6 Å². The number of anilines is 1. The summed E-state index contributed by atoms with van der Waals surface area (Å²) in [6.45, 7) is 2.64. The Labute approximate surface area is 223 Å². The first-order valence-electron chi connectivity index (χ1n) is 12.7. The zero-order valence-electron chi connectivity index (χ0n) is 21.5. The van der Waals surface area contributed by atoms with E-state index in [1.165, 1.54) is 12.1 Å². The van der Waals surface area contributed by atoms with Gasteiger partial charge in [-0.3, -0.25) is 14.3 Å². The first kappa shape index (κ1) is 29.7. The van der Waals surface area contributed by atoms with Crippen molar-refractivity contribution in [3.05, 3.63) is 59.5 Å². The van der Waals surface area contributed by atoms with Gasteiger partial charge in [0.25, 0.3) is 0 Å². The van der Waals surface area contributed by atoms with Crippen molar-refractivity contribution in [3.63, 3.8) is 0 Å². The van der Waals surface area contributed by atoms with E-state index in [-0.39, 0.29) is 30.5 Å². The molecule has 39 heavy (non-hydrogen) atoms. The number of ketones is 1. The molecule has 0 aliphatic rings. The fourth-order valence-electron chi connectivity index (χ4n) is 3.79. The predicted molar refractivity (Wildman–Crippen MR) is 135 cm³/mol. The molecule has 0 aliphatic heterocycles. The highest BCUT2D eigenvalue weighted by molar-refractivity contribution is 5.93. The maximum absolute atomic E-state index is 12.4. The molecule has 3 rings (SSSR count). The Morgan fingerprint density at radius 3 is 2.64 bits per heavy atom. The number of Topliss-reactive ketones (excluding diaryl/α,β-unsaturated/α-hetero) is 1. The number of hydrogen-bond acceptors (Lipinski definition) is 8. The number of ether oxygens (including phenoxy) is 1. The van der Waals surface area contributed by atoms with Crippen molar-refractivity contribution in [2.45, 2.75) is 64.8 Å². The van der Waals surface area contributed by atoms with Crippen molar-refractivity contribution >= 4 is 17.5 Å². The summed E-state index contributed by atoms with van der Waals surface area (Å²) < 4.78 is 42.6. The third-order valence-corrected chi connectivity index (χ3v) is 5.99. The van der Waals surface area contributed by atoms with Crippen LogP contribution in [0.25, 0.3) is 0 Å². The van der Waals surface area contributed by atoms with Crippen LogP contribution in [0.5, 0.6) is 5.75 Å². The fraction of sp³-hybridized carbons (Fsp3) is 0.462. The number of rotatable bonds is 15. The summed E-state index contributed by atoms with van der Waals surface area (Å²) in [5.74, 6) is -0.583. The quantitative estimate of drug-likeness (QED) is 0.214. The average Bonchev–Trinajstić information content (AvgIpc) is 3.36. The van der Waals surface area contributed by atoms with Crippen LogP contribution in [0.4, 0.5) is 19.0 Å². The van der Waals surface area contributed by atoms with E-state index in [0.29, 0.717) is 37.1 Å². The number of aryl methyl sites for hydroxylation is 2. The molecule has 0 fully saturated rings. The molecule has 0 aliphatic carbocycles. The minimum absolute atomic E-state index is 0.0698. The van der Waals surface area contributed by atoms with Crippen LogP contribution in [0.15, 0.2) is 42.6 Å². The molecule has 13 heteroatoms. The number of halogens is 3. The van der Waals surface area contributed by atoms with E-state index in [1.54, 1.807) is 23.0 Å². The molecule has 1 amide bonds. The Hall–Kier alpha value is -3.87. The molecule has 10 nitrogen and oxygen atoms in total. The first-order chi connectivity index (χ1) is 18.6. The number of nitrogens with zero attached hydrogens (tertiary/aromatic N) is 5. The van der Waals surface area contributed by atoms with E-state index in [1.807, 2.05) is 6.92 Å². The molecule has 0 bridgehead atoms. The van der Waals surface area contributed by atoms with E-state index >= 15 is 0 Å². The van der Waals surface area contributed by atoms with E-state index in [0.717, 1.165) is 37.1 Å². The summed E-state index contributed by atoms with van der Waals surface area (Å²) in [6, 6.07) is 8.56. The monoisotopic (exact) mass is 548 g/mol. The smallest absolute Gasteiger partial charge is 0.406 e. The Bertz CT molecular complexity index is 1210. The van der Waals surface area contributed by atoms with Crippen LogP contribution in [-0.2, 0) is 24.2 Å². The number of aliphatic hydroxyl groups excluding tert-OH is 1. The normalized spacial score (nSPS) is 12.2. The van der Waals surface area contributed by atoms with Gasteiger partial charge in [-0.25, -0.2) is 0 Å². The van der Waals surface area contributed by atoms with E-state index < -0.39 is 18.0 Å². The number of nitrogens with one attached hydrogen (secondary N) is 1. The second-order valence-electron chi connectivity index (χ2n) is 9.07. The van der Waals surface area contributed by atoms with Crippen LogP contribution < -0.4 is 10.1 Å². The van der Waals surface area contributed by atoms with E-state index in [2.05, 4.69) is 30.6 Å². The Morgan fingerprint density at radius 2 is 1.95 bits per heavy atom. The van der Waals surface area contributed by atoms with Gasteiger partial charge < -0.3 is 15.2 Å². The van der Waals surface area contributed by atoms with Crippen molar-refractivity contribution in [3.8, 4) is 5.75 Å². The summed E-state index contributed by atoms with van der Waals surface area (Å²) in [7, 11) is 0. The van der Waals surface area contributed by atoms with Crippen LogP contribution in [-0.4, -0.2) is 55.0 Å². The lowest BCUT2D eigenvalue weighted by molar-refractivity contribution is -0.274. The SMILES string of the molecule is CCC(CO)CCC(=O)c1cn(CCCCc2ccc(NC(=O)Cc3cccc(OC(F)(F)F)c3)nn2)nn1.